The third kappa shape index (κ3) is 3.88. The monoisotopic (exact) mass is 506 g/mol. The number of para-hydroxylation sites is 2. The van der Waals surface area contributed by atoms with Crippen LogP contribution < -0.4 is 10.6 Å². The van der Waals surface area contributed by atoms with Gasteiger partial charge in [0.25, 0.3) is 0 Å². The summed E-state index contributed by atoms with van der Waals surface area (Å²) in [7, 11) is 0. The van der Waals surface area contributed by atoms with Gasteiger partial charge >= 0.3 is 0 Å². The molecular formula is C31H30N4O3. The molecule has 2 N–H and O–H groups in total. The zero-order chi connectivity index (χ0) is 26.6. The van der Waals surface area contributed by atoms with Gasteiger partial charge in [0, 0.05) is 47.7 Å². The highest BCUT2D eigenvalue weighted by Gasteiger charge is 2.43. The number of nitrogens with zero attached hydrogens (tertiary/aromatic N) is 3. The first kappa shape index (κ1) is 24.1. The summed E-state index contributed by atoms with van der Waals surface area (Å²) in [5, 5.41) is 11.0. The number of anilines is 1. The number of carbonyl (C=O) groups excluding carboxylic acids is 2. The Morgan fingerprint density at radius 2 is 1.92 bits per heavy atom. The van der Waals surface area contributed by atoms with Gasteiger partial charge in [-0.2, -0.15) is 5.26 Å². The number of fused-ring (bicyclic) bond motifs is 2. The van der Waals surface area contributed by atoms with Crippen LogP contribution in [0.3, 0.4) is 0 Å². The lowest BCUT2D eigenvalue weighted by Gasteiger charge is -2.37. The summed E-state index contributed by atoms with van der Waals surface area (Å²) in [6.07, 6.45) is 4.74. The van der Waals surface area contributed by atoms with Crippen molar-refractivity contribution < 1.29 is 14.3 Å². The van der Waals surface area contributed by atoms with E-state index in [2.05, 4.69) is 12.1 Å². The average Bonchev–Trinajstić information content (AvgIpc) is 3.24. The first-order valence-electron chi connectivity index (χ1n) is 13.1. The molecule has 2 aliphatic heterocycles. The lowest BCUT2D eigenvalue weighted by Crippen LogP contribution is -2.37. The maximum atomic E-state index is 13.6. The van der Waals surface area contributed by atoms with Crippen LogP contribution in [0.2, 0.25) is 0 Å². The fourth-order valence-electron chi connectivity index (χ4n) is 6.26. The summed E-state index contributed by atoms with van der Waals surface area (Å²) >= 11 is 0. The molecule has 0 fully saturated rings. The molecule has 0 bridgehead atoms. The van der Waals surface area contributed by atoms with Crippen molar-refractivity contribution in [3.8, 4) is 6.07 Å². The average molecular weight is 507 g/mol. The highest BCUT2D eigenvalue weighted by molar-refractivity contribution is 6.02. The Bertz CT molecular complexity index is 1600. The number of ether oxygens (including phenoxy) is 1. The summed E-state index contributed by atoms with van der Waals surface area (Å²) in [5.41, 5.74) is 10.6. The Morgan fingerprint density at radius 3 is 2.74 bits per heavy atom. The molecule has 0 spiro atoms. The standard InChI is InChI=1S/C31H30N4O3/c1-31(2)14-25(36)29-26(15-31)38-30(33)21(16-32)28(29)22-17-34(24-12-6-4-10-20(22)24)18-27(37)35-13-7-9-19-8-3-5-11-23(19)35/h3-6,8,10-12,17,28H,7,9,13-15,18,33H2,1-2H3. The molecule has 7 nitrogen and oxygen atoms in total. The molecule has 3 aliphatic rings. The van der Waals surface area contributed by atoms with Gasteiger partial charge in [0.1, 0.15) is 23.9 Å². The third-order valence-corrected chi connectivity index (χ3v) is 7.92. The van der Waals surface area contributed by atoms with Gasteiger partial charge in [-0.25, -0.2) is 0 Å². The lowest BCUT2D eigenvalue weighted by molar-refractivity contribution is -0.120. The molecule has 38 heavy (non-hydrogen) atoms. The fourth-order valence-corrected chi connectivity index (χ4v) is 6.26. The molecule has 1 amide bonds. The van der Waals surface area contributed by atoms with Gasteiger partial charge in [-0.1, -0.05) is 50.2 Å². The first-order valence-corrected chi connectivity index (χ1v) is 13.1. The van der Waals surface area contributed by atoms with Crippen LogP contribution in [0.1, 0.15) is 50.2 Å². The Kier molecular flexibility index (Phi) is 5.64. The van der Waals surface area contributed by atoms with Crippen molar-refractivity contribution in [3.05, 3.63) is 88.6 Å². The Morgan fingerprint density at radius 1 is 1.16 bits per heavy atom. The van der Waals surface area contributed by atoms with Gasteiger partial charge in [0.2, 0.25) is 11.8 Å². The number of ketones is 1. The van der Waals surface area contributed by atoms with Gasteiger partial charge in [0.05, 0.1) is 5.92 Å². The van der Waals surface area contributed by atoms with Gasteiger partial charge in [0.15, 0.2) is 5.78 Å². The van der Waals surface area contributed by atoms with Gasteiger partial charge in [-0.15, -0.1) is 0 Å². The van der Waals surface area contributed by atoms with Crippen LogP contribution in [0.4, 0.5) is 5.69 Å². The Hall–Kier alpha value is -4.31. The minimum absolute atomic E-state index is 0.00221. The summed E-state index contributed by atoms with van der Waals surface area (Å²) < 4.78 is 7.81. The minimum atomic E-state index is -0.635. The van der Waals surface area contributed by atoms with Gasteiger partial charge in [-0.05, 0) is 41.5 Å². The molecule has 3 heterocycles. The molecule has 7 heteroatoms. The van der Waals surface area contributed by atoms with E-state index in [1.54, 1.807) is 0 Å². The molecular weight excluding hydrogens is 476 g/mol. The predicted molar refractivity (Wildman–Crippen MR) is 145 cm³/mol. The number of amides is 1. The van der Waals surface area contributed by atoms with Crippen molar-refractivity contribution in [3.63, 3.8) is 0 Å². The number of aryl methyl sites for hydroxylation is 1. The van der Waals surface area contributed by atoms with Crippen molar-refractivity contribution in [2.24, 2.45) is 11.1 Å². The smallest absolute Gasteiger partial charge is 0.246 e. The summed E-state index contributed by atoms with van der Waals surface area (Å²) in [5.74, 6) is -0.0730. The second-order valence-corrected chi connectivity index (χ2v) is 11.2. The second-order valence-electron chi connectivity index (χ2n) is 11.2. The molecule has 1 atom stereocenters. The van der Waals surface area contributed by atoms with Crippen LogP contribution >= 0.6 is 0 Å². The summed E-state index contributed by atoms with van der Waals surface area (Å²) in [6.45, 7) is 4.89. The van der Waals surface area contributed by atoms with E-state index >= 15 is 0 Å². The van der Waals surface area contributed by atoms with E-state index in [1.165, 1.54) is 5.56 Å². The normalized spacial score (nSPS) is 20.6. The molecule has 0 saturated carbocycles. The number of allylic oxidation sites excluding steroid dienone is 3. The number of rotatable bonds is 3. The van der Waals surface area contributed by atoms with Gasteiger partial charge < -0.3 is 19.9 Å². The number of carbonyl (C=O) groups is 2. The maximum Gasteiger partial charge on any atom is 0.246 e. The number of hydrogen-bond acceptors (Lipinski definition) is 5. The zero-order valence-corrected chi connectivity index (χ0v) is 21.7. The number of Topliss-reactive ketones (excluding diaryl/α,β-unsaturated/α-hetero) is 1. The SMILES string of the molecule is CC1(C)CC(=O)C2=C(C1)OC(N)=C(C#N)C2c1cn(CC(=O)N2CCCc3ccccc32)c2ccccc12. The number of aromatic nitrogens is 1. The molecule has 0 radical (unpaired) electrons. The summed E-state index contributed by atoms with van der Waals surface area (Å²) in [4.78, 5) is 29.0. The number of benzene rings is 2. The molecule has 2 aromatic carbocycles. The second kappa shape index (κ2) is 8.91. The van der Waals surface area contributed by atoms with Crippen LogP contribution in [-0.2, 0) is 27.3 Å². The van der Waals surface area contributed by atoms with E-state index in [-0.39, 0.29) is 35.1 Å². The lowest BCUT2D eigenvalue weighted by atomic mass is 9.70. The number of nitrogens with two attached hydrogens (primary N) is 1. The molecule has 6 rings (SSSR count). The van der Waals surface area contributed by atoms with Crippen molar-refractivity contribution in [1.29, 1.82) is 5.26 Å². The van der Waals surface area contributed by atoms with E-state index in [1.807, 2.05) is 72.0 Å². The van der Waals surface area contributed by atoms with Gasteiger partial charge in [-0.3, -0.25) is 9.59 Å². The first-order chi connectivity index (χ1) is 18.3. The van der Waals surface area contributed by atoms with E-state index < -0.39 is 5.92 Å². The maximum absolute atomic E-state index is 13.6. The fraction of sp³-hybridized carbons (Fsp3) is 0.323. The molecule has 192 valence electrons. The van der Waals surface area contributed by atoms with Crippen molar-refractivity contribution >= 4 is 28.3 Å². The van der Waals surface area contributed by atoms with Crippen LogP contribution in [0.5, 0.6) is 0 Å². The van der Waals surface area contributed by atoms with Crippen molar-refractivity contribution in [2.75, 3.05) is 11.4 Å². The minimum Gasteiger partial charge on any atom is -0.444 e. The van der Waals surface area contributed by atoms with E-state index in [0.717, 1.165) is 35.0 Å². The van der Waals surface area contributed by atoms with Crippen LogP contribution in [0.15, 0.2) is 77.5 Å². The molecule has 1 aromatic heterocycles. The quantitative estimate of drug-likeness (QED) is 0.534. The Labute approximate surface area is 221 Å². The van der Waals surface area contributed by atoms with Crippen molar-refractivity contribution in [1.82, 2.24) is 4.57 Å². The topological polar surface area (TPSA) is 101 Å². The Balaban J connectivity index is 1.45. The van der Waals surface area contributed by atoms with Crippen LogP contribution in [0, 0.1) is 16.7 Å². The van der Waals surface area contributed by atoms with E-state index in [9.17, 15) is 14.9 Å². The largest absolute Gasteiger partial charge is 0.444 e. The van der Waals surface area contributed by atoms with Crippen LogP contribution in [0.25, 0.3) is 10.9 Å². The zero-order valence-electron chi connectivity index (χ0n) is 21.7. The summed E-state index contributed by atoms with van der Waals surface area (Å²) in [6, 6.07) is 18.1. The highest BCUT2D eigenvalue weighted by Crippen LogP contribution is 2.49. The number of hydrogen-bond donors (Lipinski definition) is 1. The van der Waals surface area contributed by atoms with Crippen LogP contribution in [-0.4, -0.2) is 22.8 Å². The molecule has 1 aliphatic carbocycles. The molecule has 1 unspecified atom stereocenters. The molecule has 0 saturated heterocycles. The van der Waals surface area contributed by atoms with Crippen molar-refractivity contribution in [2.45, 2.75) is 52.0 Å². The third-order valence-electron chi connectivity index (χ3n) is 7.92. The number of nitriles is 1. The van der Waals surface area contributed by atoms with E-state index in [0.29, 0.717) is 30.7 Å². The molecule has 3 aromatic rings. The highest BCUT2D eigenvalue weighted by atomic mass is 16.5. The predicted octanol–water partition coefficient (Wildman–Crippen LogP) is 5.07. The van der Waals surface area contributed by atoms with E-state index in [4.69, 9.17) is 10.5 Å².